The molecule has 0 aliphatic carbocycles. The lowest BCUT2D eigenvalue weighted by molar-refractivity contribution is -0.385. The summed E-state index contributed by atoms with van der Waals surface area (Å²) in [6.45, 7) is 0. The van der Waals surface area contributed by atoms with Crippen LogP contribution in [0.3, 0.4) is 0 Å². The molecule has 0 atom stereocenters. The average molecular weight is 276 g/mol. The molecule has 0 amide bonds. The molecule has 1 N–H and O–H groups in total. The van der Waals surface area contributed by atoms with Crippen molar-refractivity contribution < 1.29 is 19.6 Å². The normalized spacial score (nSPS) is 9.73. The number of rotatable bonds is 3. The largest absolute Gasteiger partial charge is 0.496 e. The van der Waals surface area contributed by atoms with E-state index in [4.69, 9.17) is 9.84 Å². The highest BCUT2D eigenvalue weighted by Gasteiger charge is 2.22. The van der Waals surface area contributed by atoms with Gasteiger partial charge in [-0.05, 0) is 15.9 Å². The quantitative estimate of drug-likeness (QED) is 0.674. The highest BCUT2D eigenvalue weighted by molar-refractivity contribution is 9.10. The summed E-state index contributed by atoms with van der Waals surface area (Å²) in [5.41, 5.74) is -0.879. The number of nitro benzene ring substituents is 1. The summed E-state index contributed by atoms with van der Waals surface area (Å²) in [6.07, 6.45) is 0. The van der Waals surface area contributed by atoms with Gasteiger partial charge >= 0.3 is 5.97 Å². The number of nitro groups is 1. The van der Waals surface area contributed by atoms with E-state index in [1.807, 2.05) is 0 Å². The van der Waals surface area contributed by atoms with E-state index < -0.39 is 22.1 Å². The standard InChI is InChI=1S/C8H6BrNO5/c1-15-7-2-4(8(11)12)6(10(13)14)3-5(7)9/h2-3H,1H3,(H,11,12). The second kappa shape index (κ2) is 4.26. The summed E-state index contributed by atoms with van der Waals surface area (Å²) in [5.74, 6) is -1.13. The number of carbonyl (C=O) groups is 1. The molecule has 0 radical (unpaired) electrons. The Hall–Kier alpha value is -1.63. The lowest BCUT2D eigenvalue weighted by Gasteiger charge is -2.04. The van der Waals surface area contributed by atoms with Gasteiger partial charge in [-0.2, -0.15) is 0 Å². The highest BCUT2D eigenvalue weighted by atomic mass is 79.9. The van der Waals surface area contributed by atoms with Crippen molar-refractivity contribution in [3.05, 3.63) is 32.3 Å². The SMILES string of the molecule is COc1cc(C(=O)O)c([N+](=O)[O-])cc1Br. The maximum atomic E-state index is 10.7. The Bertz CT molecular complexity index is 431. The number of halogens is 1. The van der Waals surface area contributed by atoms with E-state index in [9.17, 15) is 14.9 Å². The van der Waals surface area contributed by atoms with Gasteiger partial charge in [-0.3, -0.25) is 10.1 Å². The first-order valence-electron chi connectivity index (χ1n) is 3.72. The molecule has 15 heavy (non-hydrogen) atoms. The molecule has 0 fully saturated rings. The lowest BCUT2D eigenvalue weighted by Crippen LogP contribution is -2.03. The van der Waals surface area contributed by atoms with Crippen LogP contribution in [0.5, 0.6) is 5.75 Å². The van der Waals surface area contributed by atoms with E-state index in [0.29, 0.717) is 4.47 Å². The number of aromatic carboxylic acids is 1. The second-order valence-corrected chi connectivity index (χ2v) is 3.42. The Kier molecular flexibility index (Phi) is 3.25. The minimum atomic E-state index is -1.37. The fraction of sp³-hybridized carbons (Fsp3) is 0.125. The molecule has 0 aromatic heterocycles. The zero-order chi connectivity index (χ0) is 11.6. The number of benzene rings is 1. The molecule has 1 aromatic carbocycles. The zero-order valence-corrected chi connectivity index (χ0v) is 9.15. The molecular weight excluding hydrogens is 270 g/mol. The van der Waals surface area contributed by atoms with Gasteiger partial charge in [-0.25, -0.2) is 4.79 Å². The molecule has 0 heterocycles. The van der Waals surface area contributed by atoms with Gasteiger partial charge in [0.15, 0.2) is 0 Å². The summed E-state index contributed by atoms with van der Waals surface area (Å²) in [5, 5.41) is 19.3. The van der Waals surface area contributed by atoms with Crippen LogP contribution < -0.4 is 4.74 Å². The van der Waals surface area contributed by atoms with Gasteiger partial charge in [-0.1, -0.05) is 0 Å². The van der Waals surface area contributed by atoms with Crippen LogP contribution in [-0.2, 0) is 0 Å². The van der Waals surface area contributed by atoms with Crippen LogP contribution in [0, 0.1) is 10.1 Å². The predicted molar refractivity (Wildman–Crippen MR) is 54.3 cm³/mol. The van der Waals surface area contributed by atoms with Crippen molar-refractivity contribution >= 4 is 27.6 Å². The van der Waals surface area contributed by atoms with Gasteiger partial charge in [0, 0.05) is 12.1 Å². The maximum Gasteiger partial charge on any atom is 0.342 e. The van der Waals surface area contributed by atoms with Crippen molar-refractivity contribution in [2.45, 2.75) is 0 Å². The van der Waals surface area contributed by atoms with Crippen LogP contribution in [0.15, 0.2) is 16.6 Å². The molecule has 6 nitrogen and oxygen atoms in total. The van der Waals surface area contributed by atoms with Crippen molar-refractivity contribution in [1.29, 1.82) is 0 Å². The maximum absolute atomic E-state index is 10.7. The summed E-state index contributed by atoms with van der Waals surface area (Å²) < 4.78 is 5.17. The molecule has 1 aromatic rings. The van der Waals surface area contributed by atoms with Crippen molar-refractivity contribution in [3.63, 3.8) is 0 Å². The number of carboxylic acids is 1. The Morgan fingerprint density at radius 2 is 2.20 bits per heavy atom. The zero-order valence-electron chi connectivity index (χ0n) is 7.56. The second-order valence-electron chi connectivity index (χ2n) is 2.57. The minimum absolute atomic E-state index is 0.234. The third-order valence-corrected chi connectivity index (χ3v) is 2.32. The molecule has 0 aliphatic heterocycles. The Labute approximate surface area is 92.8 Å². The molecule has 80 valence electrons. The molecule has 0 bridgehead atoms. The van der Waals surface area contributed by atoms with E-state index in [0.717, 1.165) is 12.1 Å². The number of hydrogen-bond donors (Lipinski definition) is 1. The smallest absolute Gasteiger partial charge is 0.342 e. The van der Waals surface area contributed by atoms with Gasteiger partial charge in [-0.15, -0.1) is 0 Å². The van der Waals surface area contributed by atoms with Crippen LogP contribution in [0.2, 0.25) is 0 Å². The molecule has 0 saturated heterocycles. The fourth-order valence-electron chi connectivity index (χ4n) is 1.02. The van der Waals surface area contributed by atoms with Crippen LogP contribution >= 0.6 is 15.9 Å². The van der Waals surface area contributed by atoms with Crippen molar-refractivity contribution in [1.82, 2.24) is 0 Å². The summed E-state index contributed by atoms with van der Waals surface area (Å²) in [7, 11) is 1.34. The summed E-state index contributed by atoms with van der Waals surface area (Å²) >= 11 is 3.04. The Morgan fingerprint density at radius 3 is 2.60 bits per heavy atom. The van der Waals surface area contributed by atoms with E-state index in [1.54, 1.807) is 0 Å². The minimum Gasteiger partial charge on any atom is -0.496 e. The van der Waals surface area contributed by atoms with Gasteiger partial charge in [0.2, 0.25) is 0 Å². The molecule has 0 spiro atoms. The van der Waals surface area contributed by atoms with Crippen LogP contribution in [0.1, 0.15) is 10.4 Å². The molecule has 0 unspecified atom stereocenters. The first kappa shape index (κ1) is 11.4. The first-order chi connectivity index (χ1) is 6.97. The van der Waals surface area contributed by atoms with Crippen molar-refractivity contribution in [2.24, 2.45) is 0 Å². The monoisotopic (exact) mass is 275 g/mol. The van der Waals surface area contributed by atoms with Gasteiger partial charge in [0.25, 0.3) is 5.69 Å². The topological polar surface area (TPSA) is 89.7 Å². The van der Waals surface area contributed by atoms with Crippen LogP contribution in [0.4, 0.5) is 5.69 Å². The average Bonchev–Trinajstić information content (AvgIpc) is 2.16. The third-order valence-electron chi connectivity index (χ3n) is 1.70. The van der Waals surface area contributed by atoms with E-state index in [1.165, 1.54) is 7.11 Å². The third kappa shape index (κ3) is 2.24. The Balaban J connectivity index is 3.45. The summed E-state index contributed by atoms with van der Waals surface area (Å²) in [4.78, 5) is 20.5. The Morgan fingerprint density at radius 1 is 1.60 bits per heavy atom. The summed E-state index contributed by atoms with van der Waals surface area (Å²) in [6, 6.07) is 2.20. The predicted octanol–water partition coefficient (Wildman–Crippen LogP) is 2.06. The molecule has 0 saturated carbocycles. The number of nitrogens with zero attached hydrogens (tertiary/aromatic N) is 1. The molecule has 7 heteroatoms. The first-order valence-corrected chi connectivity index (χ1v) is 4.52. The van der Waals surface area contributed by atoms with Gasteiger partial charge in [0.05, 0.1) is 16.5 Å². The van der Waals surface area contributed by atoms with Gasteiger partial charge in [0.1, 0.15) is 11.3 Å². The van der Waals surface area contributed by atoms with E-state index in [-0.39, 0.29) is 5.75 Å². The number of methoxy groups -OCH3 is 1. The molecular formula is C8H6BrNO5. The van der Waals surface area contributed by atoms with Crippen LogP contribution in [0.25, 0.3) is 0 Å². The number of hydrogen-bond acceptors (Lipinski definition) is 4. The van der Waals surface area contributed by atoms with E-state index in [2.05, 4.69) is 15.9 Å². The van der Waals surface area contributed by atoms with Crippen LogP contribution in [-0.4, -0.2) is 23.1 Å². The highest BCUT2D eigenvalue weighted by Crippen LogP contribution is 2.32. The lowest BCUT2D eigenvalue weighted by atomic mass is 10.1. The van der Waals surface area contributed by atoms with E-state index >= 15 is 0 Å². The molecule has 0 aliphatic rings. The number of ether oxygens (including phenoxy) is 1. The number of carboxylic acid groups (broad SMARTS) is 1. The fourth-order valence-corrected chi connectivity index (χ4v) is 1.51. The molecule has 1 rings (SSSR count). The van der Waals surface area contributed by atoms with Crippen molar-refractivity contribution in [3.8, 4) is 5.75 Å². The van der Waals surface area contributed by atoms with Crippen molar-refractivity contribution in [2.75, 3.05) is 7.11 Å². The van der Waals surface area contributed by atoms with Gasteiger partial charge < -0.3 is 9.84 Å².